The normalized spacial score (nSPS) is 41.4. The van der Waals surface area contributed by atoms with Crippen LogP contribution in [0.25, 0.3) is 5.57 Å². The number of hydrogen-bond donors (Lipinski definition) is 1. The Morgan fingerprint density at radius 3 is 2.24 bits per heavy atom. The van der Waals surface area contributed by atoms with Crippen molar-refractivity contribution in [1.29, 1.82) is 0 Å². The van der Waals surface area contributed by atoms with Gasteiger partial charge in [0.15, 0.2) is 9.84 Å². The summed E-state index contributed by atoms with van der Waals surface area (Å²) in [7, 11) is -2.81. The smallest absolute Gasteiger partial charge is 0.335 e. The summed E-state index contributed by atoms with van der Waals surface area (Å²) in [5.41, 5.74) is 5.79. The molecule has 0 radical (unpaired) electrons. The second-order valence-electron chi connectivity index (χ2n) is 19.8. The van der Waals surface area contributed by atoms with Crippen LogP contribution in [-0.4, -0.2) is 55.5 Å². The fourth-order valence-corrected chi connectivity index (χ4v) is 15.8. The monoisotopic (exact) mass is 717 g/mol. The summed E-state index contributed by atoms with van der Waals surface area (Å²) in [6.45, 7) is 22.5. The fraction of sp³-hybridized carbons (Fsp3) is 0.756. The SMILES string of the molecule is C=C(C)[C@@H]1CC[C@]2(CCCCCN3CCS(=O)(=O)CC3)CC[C@]3(C)[C@H](CC[C@@H]4[C@@]5(C)CC=C(c6ccc(C(=O)O)cc6)C(C)(C)[C@@H]5CC[C@]43C)[C@@H]12. The summed E-state index contributed by atoms with van der Waals surface area (Å²) in [6, 6.07) is 7.63. The van der Waals surface area contributed by atoms with E-state index in [2.05, 4.69) is 59.1 Å². The lowest BCUT2D eigenvalue weighted by atomic mass is 9.32. The Morgan fingerprint density at radius 2 is 1.57 bits per heavy atom. The number of unbranched alkanes of at least 4 members (excludes halogenated alkanes) is 2. The molecule has 6 heteroatoms. The third-order valence-corrected chi connectivity index (χ3v) is 19.0. The Hall–Kier alpha value is -1.92. The number of carboxylic acids is 1. The van der Waals surface area contributed by atoms with Crippen molar-refractivity contribution < 1.29 is 18.3 Å². The van der Waals surface area contributed by atoms with Crippen LogP contribution in [0.15, 0.2) is 42.5 Å². The average Bonchev–Trinajstić information content (AvgIpc) is 3.45. The molecule has 1 aliphatic heterocycles. The Kier molecular flexibility index (Phi) is 9.63. The molecule has 5 nitrogen and oxygen atoms in total. The molecule has 0 spiro atoms. The van der Waals surface area contributed by atoms with Gasteiger partial charge < -0.3 is 10.0 Å². The van der Waals surface area contributed by atoms with Gasteiger partial charge in [0.25, 0.3) is 0 Å². The standard InChI is InChI=1S/C45H67NO4S/c1-31(2)34-17-23-45(20-9-8-10-26-46-27-29-51(49,50)30-28-46)25-24-43(6)36(39(34)45)15-16-38-42(5)21-18-35(32-11-13-33(14-12-32)40(47)48)41(3,4)37(42)19-22-44(38,43)7/h11-14,18,34,36-39H,1,8-10,15-17,19-30H2,2-7H3,(H,47,48)/t34-,36+,37-,38+,39+,42-,43+,44+,45+/m0/s1. The highest BCUT2D eigenvalue weighted by Crippen LogP contribution is 2.78. The molecule has 6 aliphatic rings. The van der Waals surface area contributed by atoms with E-state index in [1.807, 2.05) is 12.1 Å². The molecule has 5 aliphatic carbocycles. The highest BCUT2D eigenvalue weighted by molar-refractivity contribution is 7.91. The van der Waals surface area contributed by atoms with Crippen molar-refractivity contribution in [2.24, 2.45) is 56.7 Å². The van der Waals surface area contributed by atoms with Crippen LogP contribution in [0.4, 0.5) is 0 Å². The number of nitrogens with zero attached hydrogens (tertiary/aromatic N) is 1. The first-order valence-electron chi connectivity index (χ1n) is 20.6. The molecule has 7 rings (SSSR count). The van der Waals surface area contributed by atoms with Gasteiger partial charge in [-0.25, -0.2) is 13.2 Å². The number of allylic oxidation sites excluding steroid dienone is 3. The summed E-state index contributed by atoms with van der Waals surface area (Å²) in [4.78, 5) is 13.9. The summed E-state index contributed by atoms with van der Waals surface area (Å²) >= 11 is 0. The van der Waals surface area contributed by atoms with E-state index in [1.165, 1.54) is 93.8 Å². The molecule has 1 heterocycles. The molecule has 9 atom stereocenters. The van der Waals surface area contributed by atoms with Gasteiger partial charge in [-0.3, -0.25) is 0 Å². The largest absolute Gasteiger partial charge is 0.478 e. The van der Waals surface area contributed by atoms with Crippen molar-refractivity contribution in [3.63, 3.8) is 0 Å². The zero-order chi connectivity index (χ0) is 36.6. The van der Waals surface area contributed by atoms with Gasteiger partial charge in [-0.05, 0) is 164 Å². The van der Waals surface area contributed by atoms with Crippen LogP contribution < -0.4 is 0 Å². The second kappa shape index (κ2) is 13.1. The molecule has 0 unspecified atom stereocenters. The highest BCUT2D eigenvalue weighted by Gasteiger charge is 2.70. The minimum Gasteiger partial charge on any atom is -0.478 e. The average molecular weight is 718 g/mol. The lowest BCUT2D eigenvalue weighted by Crippen LogP contribution is -2.65. The van der Waals surface area contributed by atoms with Crippen molar-refractivity contribution in [1.82, 2.24) is 4.90 Å². The number of rotatable bonds is 9. The summed E-state index contributed by atoms with van der Waals surface area (Å²) in [5.74, 6) is 3.30. The van der Waals surface area contributed by atoms with Gasteiger partial charge in [0.05, 0.1) is 17.1 Å². The fourth-order valence-electron chi connectivity index (χ4n) is 14.6. The van der Waals surface area contributed by atoms with E-state index in [0.29, 0.717) is 64.2 Å². The van der Waals surface area contributed by atoms with Gasteiger partial charge in [-0.2, -0.15) is 0 Å². The molecular formula is C45H67NO4S. The van der Waals surface area contributed by atoms with Crippen molar-refractivity contribution in [2.75, 3.05) is 31.1 Å². The van der Waals surface area contributed by atoms with E-state index in [-0.39, 0.29) is 10.8 Å². The van der Waals surface area contributed by atoms with Gasteiger partial charge in [-0.15, -0.1) is 0 Å². The van der Waals surface area contributed by atoms with Crippen molar-refractivity contribution in [3.05, 3.63) is 53.6 Å². The van der Waals surface area contributed by atoms with Crippen molar-refractivity contribution in [3.8, 4) is 0 Å². The van der Waals surface area contributed by atoms with Crippen LogP contribution >= 0.6 is 0 Å². The minimum atomic E-state index is -2.81. The number of hydrogen-bond acceptors (Lipinski definition) is 4. The first-order chi connectivity index (χ1) is 24.0. The number of benzene rings is 1. The number of aromatic carboxylic acids is 1. The van der Waals surface area contributed by atoms with Gasteiger partial charge in [0.2, 0.25) is 0 Å². The maximum absolute atomic E-state index is 11.9. The lowest BCUT2D eigenvalue weighted by molar-refractivity contribution is -0.226. The predicted octanol–water partition coefficient (Wildman–Crippen LogP) is 10.3. The number of fused-ring (bicyclic) bond motifs is 7. The third-order valence-electron chi connectivity index (χ3n) is 17.3. The molecule has 1 aromatic carbocycles. The topological polar surface area (TPSA) is 74.7 Å². The molecule has 5 fully saturated rings. The van der Waals surface area contributed by atoms with Gasteiger partial charge in [-0.1, -0.05) is 77.8 Å². The minimum absolute atomic E-state index is 0.0285. The Labute approximate surface area is 310 Å². The maximum atomic E-state index is 11.9. The molecule has 0 aromatic heterocycles. The maximum Gasteiger partial charge on any atom is 0.335 e. The first-order valence-corrected chi connectivity index (χ1v) is 22.4. The van der Waals surface area contributed by atoms with Crippen LogP contribution in [0.2, 0.25) is 0 Å². The molecule has 1 saturated heterocycles. The number of sulfone groups is 1. The van der Waals surface area contributed by atoms with Crippen LogP contribution in [0.5, 0.6) is 0 Å². The van der Waals surface area contributed by atoms with Crippen LogP contribution in [0.3, 0.4) is 0 Å². The van der Waals surface area contributed by atoms with Gasteiger partial charge in [0, 0.05) is 13.1 Å². The molecule has 4 saturated carbocycles. The van der Waals surface area contributed by atoms with E-state index in [9.17, 15) is 18.3 Å². The molecule has 0 bridgehead atoms. The Morgan fingerprint density at radius 1 is 0.863 bits per heavy atom. The Balaban J connectivity index is 1.09. The molecule has 51 heavy (non-hydrogen) atoms. The highest BCUT2D eigenvalue weighted by atomic mass is 32.2. The molecule has 1 N–H and O–H groups in total. The quantitative estimate of drug-likeness (QED) is 0.203. The predicted molar refractivity (Wildman–Crippen MR) is 209 cm³/mol. The van der Waals surface area contributed by atoms with Crippen LogP contribution in [0, 0.1) is 56.7 Å². The van der Waals surface area contributed by atoms with Gasteiger partial charge >= 0.3 is 5.97 Å². The van der Waals surface area contributed by atoms with Gasteiger partial charge in [0.1, 0.15) is 0 Å². The molecule has 282 valence electrons. The number of carboxylic acid groups (broad SMARTS) is 1. The molecular weight excluding hydrogens is 651 g/mol. The zero-order valence-electron chi connectivity index (χ0n) is 32.7. The van der Waals surface area contributed by atoms with Crippen molar-refractivity contribution in [2.45, 2.75) is 125 Å². The lowest BCUT2D eigenvalue weighted by Gasteiger charge is -2.72. The third kappa shape index (κ3) is 6.03. The van der Waals surface area contributed by atoms with E-state index in [4.69, 9.17) is 0 Å². The second-order valence-corrected chi connectivity index (χ2v) is 22.1. The van der Waals surface area contributed by atoms with E-state index < -0.39 is 15.8 Å². The number of carbonyl (C=O) groups is 1. The molecule has 0 amide bonds. The van der Waals surface area contributed by atoms with E-state index in [1.54, 1.807) is 12.1 Å². The van der Waals surface area contributed by atoms with E-state index >= 15 is 0 Å². The van der Waals surface area contributed by atoms with Crippen molar-refractivity contribution >= 4 is 21.4 Å². The first kappa shape index (κ1) is 37.4. The summed E-state index contributed by atoms with van der Waals surface area (Å²) < 4.78 is 23.8. The summed E-state index contributed by atoms with van der Waals surface area (Å²) in [6.07, 6.45) is 19.5. The Bertz CT molecular complexity index is 1650. The van der Waals surface area contributed by atoms with Crippen LogP contribution in [0.1, 0.15) is 141 Å². The van der Waals surface area contributed by atoms with Crippen LogP contribution in [-0.2, 0) is 9.84 Å². The zero-order valence-corrected chi connectivity index (χ0v) is 33.6. The van der Waals surface area contributed by atoms with E-state index in [0.717, 1.165) is 24.8 Å². The summed E-state index contributed by atoms with van der Waals surface area (Å²) in [5, 5.41) is 9.50. The molecule has 1 aromatic rings.